The molecule has 2 rings (SSSR count). The van der Waals surface area contributed by atoms with E-state index in [0.29, 0.717) is 5.92 Å². The van der Waals surface area contributed by atoms with Crippen molar-refractivity contribution in [2.45, 2.75) is 13.0 Å². The minimum absolute atomic E-state index is 0.668. The lowest BCUT2D eigenvalue weighted by molar-refractivity contribution is -0.00478. The summed E-state index contributed by atoms with van der Waals surface area (Å²) in [6, 6.07) is 0.838. The van der Waals surface area contributed by atoms with Crippen molar-refractivity contribution >= 4 is 0 Å². The lowest BCUT2D eigenvalue weighted by atomic mass is 9.95. The number of likely N-dealkylation sites (tertiary alicyclic amines) is 2. The average molecular weight is 164 g/mol. The number of hydrogen-bond acceptors (Lipinski definition) is 2. The van der Waals surface area contributed by atoms with Crippen molar-refractivity contribution in [2.75, 3.05) is 33.2 Å². The summed E-state index contributed by atoms with van der Waals surface area (Å²) in [6.07, 6.45) is 0. The zero-order valence-corrected chi connectivity index (χ0v) is 7.88. The van der Waals surface area contributed by atoms with Gasteiger partial charge in [0.15, 0.2) is 0 Å². The summed E-state index contributed by atoms with van der Waals surface area (Å²) in [4.78, 5) is 4.92. The van der Waals surface area contributed by atoms with Crippen LogP contribution in [0.5, 0.6) is 0 Å². The Morgan fingerprint density at radius 1 is 1.17 bits per heavy atom. The van der Waals surface area contributed by atoms with Crippen LogP contribution in [-0.2, 0) is 0 Å². The van der Waals surface area contributed by atoms with E-state index in [-0.39, 0.29) is 0 Å². The van der Waals surface area contributed by atoms with Crippen LogP contribution in [0.1, 0.15) is 6.92 Å². The highest BCUT2D eigenvalue weighted by Gasteiger charge is 2.36. The van der Waals surface area contributed by atoms with Crippen molar-refractivity contribution in [1.29, 1.82) is 0 Å². The molecule has 0 spiro atoms. The van der Waals surface area contributed by atoms with Crippen LogP contribution in [0.4, 0.5) is 0 Å². The SMILES string of the molecule is CC#CC1CN(C2CN(C)C2)C1. The van der Waals surface area contributed by atoms with Crippen LogP contribution in [0.15, 0.2) is 0 Å². The first-order valence-corrected chi connectivity index (χ1v) is 4.64. The van der Waals surface area contributed by atoms with Crippen LogP contribution in [0.25, 0.3) is 0 Å². The first-order chi connectivity index (χ1) is 5.79. The van der Waals surface area contributed by atoms with E-state index in [9.17, 15) is 0 Å². The molecule has 2 aliphatic rings. The summed E-state index contributed by atoms with van der Waals surface area (Å²) < 4.78 is 0. The summed E-state index contributed by atoms with van der Waals surface area (Å²) in [5.74, 6) is 6.88. The van der Waals surface area contributed by atoms with Gasteiger partial charge in [-0.25, -0.2) is 0 Å². The molecular weight excluding hydrogens is 148 g/mol. The van der Waals surface area contributed by atoms with Gasteiger partial charge in [0.2, 0.25) is 0 Å². The van der Waals surface area contributed by atoms with E-state index in [0.717, 1.165) is 6.04 Å². The second kappa shape index (κ2) is 3.08. The molecule has 0 saturated carbocycles. The molecule has 0 atom stereocenters. The zero-order valence-electron chi connectivity index (χ0n) is 7.88. The smallest absolute Gasteiger partial charge is 0.0457 e. The third-order valence-electron chi connectivity index (χ3n) is 2.82. The second-order valence-electron chi connectivity index (χ2n) is 3.92. The molecule has 0 unspecified atom stereocenters. The largest absolute Gasteiger partial charge is 0.303 e. The van der Waals surface area contributed by atoms with Gasteiger partial charge in [0.05, 0.1) is 0 Å². The maximum absolute atomic E-state index is 3.22. The maximum atomic E-state index is 3.22. The van der Waals surface area contributed by atoms with Gasteiger partial charge in [-0.2, -0.15) is 0 Å². The first kappa shape index (κ1) is 8.10. The predicted molar refractivity (Wildman–Crippen MR) is 49.8 cm³/mol. The molecular formula is C10H16N2. The van der Waals surface area contributed by atoms with Gasteiger partial charge in [0.25, 0.3) is 0 Å². The van der Waals surface area contributed by atoms with Gasteiger partial charge in [-0.1, -0.05) is 5.92 Å². The average Bonchev–Trinajstić information content (AvgIpc) is 1.90. The number of rotatable bonds is 1. The Morgan fingerprint density at radius 3 is 2.33 bits per heavy atom. The Morgan fingerprint density at radius 2 is 1.83 bits per heavy atom. The van der Waals surface area contributed by atoms with Crippen LogP contribution in [0.3, 0.4) is 0 Å². The Kier molecular flexibility index (Phi) is 2.08. The van der Waals surface area contributed by atoms with Gasteiger partial charge >= 0.3 is 0 Å². The predicted octanol–water partition coefficient (Wildman–Crippen LogP) is 0.256. The van der Waals surface area contributed by atoms with Crippen LogP contribution >= 0.6 is 0 Å². The Hall–Kier alpha value is -0.520. The summed E-state index contributed by atoms with van der Waals surface area (Å²) in [7, 11) is 2.18. The molecule has 0 aromatic heterocycles. The molecule has 2 aliphatic heterocycles. The highest BCUT2D eigenvalue weighted by molar-refractivity contribution is 5.09. The molecule has 2 saturated heterocycles. The van der Waals surface area contributed by atoms with E-state index in [1.165, 1.54) is 26.2 Å². The zero-order chi connectivity index (χ0) is 8.55. The molecule has 0 bridgehead atoms. The molecule has 2 fully saturated rings. The van der Waals surface area contributed by atoms with Crippen molar-refractivity contribution < 1.29 is 0 Å². The lowest BCUT2D eigenvalue weighted by Crippen LogP contribution is -2.63. The molecule has 0 N–H and O–H groups in total. The third-order valence-corrected chi connectivity index (χ3v) is 2.82. The number of hydrogen-bond donors (Lipinski definition) is 0. The molecule has 0 amide bonds. The standard InChI is InChI=1S/C10H16N2/c1-3-4-9-5-12(6-9)10-7-11(2)8-10/h9-10H,5-8H2,1-2H3. The third kappa shape index (κ3) is 1.35. The fourth-order valence-electron chi connectivity index (χ4n) is 2.00. The van der Waals surface area contributed by atoms with Crippen LogP contribution in [0, 0.1) is 17.8 Å². The van der Waals surface area contributed by atoms with Crippen molar-refractivity contribution in [1.82, 2.24) is 9.80 Å². The quantitative estimate of drug-likeness (QED) is 0.513. The van der Waals surface area contributed by atoms with Gasteiger partial charge in [-0.15, -0.1) is 5.92 Å². The normalized spacial score (nSPS) is 27.2. The highest BCUT2D eigenvalue weighted by atomic mass is 15.3. The minimum Gasteiger partial charge on any atom is -0.303 e. The molecule has 2 heterocycles. The summed E-state index contributed by atoms with van der Waals surface area (Å²) in [5, 5.41) is 0. The molecule has 12 heavy (non-hydrogen) atoms. The van der Waals surface area contributed by atoms with Gasteiger partial charge in [0, 0.05) is 38.1 Å². The minimum atomic E-state index is 0.668. The van der Waals surface area contributed by atoms with Gasteiger partial charge in [-0.05, 0) is 14.0 Å². The summed E-state index contributed by atoms with van der Waals surface area (Å²) >= 11 is 0. The van der Waals surface area contributed by atoms with Gasteiger partial charge in [0.1, 0.15) is 0 Å². The Bertz CT molecular complexity index is 214. The first-order valence-electron chi connectivity index (χ1n) is 4.64. The fraction of sp³-hybridized carbons (Fsp3) is 0.800. The monoisotopic (exact) mass is 164 g/mol. The molecule has 2 heteroatoms. The molecule has 66 valence electrons. The topological polar surface area (TPSA) is 6.48 Å². The molecule has 0 radical (unpaired) electrons. The number of likely N-dealkylation sites (N-methyl/N-ethyl adjacent to an activating group) is 1. The Labute approximate surface area is 74.5 Å². The fourth-order valence-corrected chi connectivity index (χ4v) is 2.00. The van der Waals surface area contributed by atoms with Crippen molar-refractivity contribution in [2.24, 2.45) is 5.92 Å². The van der Waals surface area contributed by atoms with Crippen molar-refractivity contribution in [3.8, 4) is 11.8 Å². The van der Waals surface area contributed by atoms with E-state index >= 15 is 0 Å². The number of nitrogens with zero attached hydrogens (tertiary/aromatic N) is 2. The molecule has 2 nitrogen and oxygen atoms in total. The van der Waals surface area contributed by atoms with Crippen LogP contribution in [0.2, 0.25) is 0 Å². The second-order valence-corrected chi connectivity index (χ2v) is 3.92. The van der Waals surface area contributed by atoms with E-state index in [1.807, 2.05) is 6.92 Å². The van der Waals surface area contributed by atoms with Crippen molar-refractivity contribution in [3.05, 3.63) is 0 Å². The summed E-state index contributed by atoms with van der Waals surface area (Å²) in [5.41, 5.74) is 0. The molecule has 0 aromatic carbocycles. The highest BCUT2D eigenvalue weighted by Crippen LogP contribution is 2.22. The van der Waals surface area contributed by atoms with Gasteiger partial charge in [-0.3, -0.25) is 4.90 Å². The van der Waals surface area contributed by atoms with E-state index < -0.39 is 0 Å². The van der Waals surface area contributed by atoms with E-state index in [1.54, 1.807) is 0 Å². The lowest BCUT2D eigenvalue weighted by Gasteiger charge is -2.49. The Balaban J connectivity index is 1.71. The van der Waals surface area contributed by atoms with E-state index in [4.69, 9.17) is 0 Å². The van der Waals surface area contributed by atoms with Crippen LogP contribution < -0.4 is 0 Å². The summed E-state index contributed by atoms with van der Waals surface area (Å²) in [6.45, 7) is 6.86. The van der Waals surface area contributed by atoms with Crippen LogP contribution in [-0.4, -0.2) is 49.1 Å². The maximum Gasteiger partial charge on any atom is 0.0457 e. The van der Waals surface area contributed by atoms with Gasteiger partial charge < -0.3 is 4.90 Å². The van der Waals surface area contributed by atoms with Crippen molar-refractivity contribution in [3.63, 3.8) is 0 Å². The molecule has 0 aliphatic carbocycles. The van der Waals surface area contributed by atoms with E-state index in [2.05, 4.69) is 28.7 Å². The molecule has 0 aromatic rings.